The molecule has 0 amide bonds. The van der Waals surface area contributed by atoms with Gasteiger partial charge in [-0.2, -0.15) is 0 Å². The number of terminal acetylenes is 2. The lowest BCUT2D eigenvalue weighted by atomic mass is 9.67. The van der Waals surface area contributed by atoms with Crippen molar-refractivity contribution in [3.8, 4) is 25.7 Å². The van der Waals surface area contributed by atoms with E-state index in [-0.39, 0.29) is 6.42 Å². The number of aliphatic hydroxyl groups is 1. The van der Waals surface area contributed by atoms with Gasteiger partial charge in [-0.15, -0.1) is 25.7 Å². The summed E-state index contributed by atoms with van der Waals surface area (Å²) in [4.78, 5) is 20.1. The van der Waals surface area contributed by atoms with Crippen LogP contribution in [0.2, 0.25) is 0 Å². The third-order valence-corrected chi connectivity index (χ3v) is 5.82. The van der Waals surface area contributed by atoms with Crippen LogP contribution in [0.15, 0.2) is 23.8 Å². The number of unbranched alkanes of at least 4 members (excludes halogenated alkanes) is 1. The van der Waals surface area contributed by atoms with E-state index in [1.165, 1.54) is 24.8 Å². The molecule has 1 unspecified atom stereocenters. The first kappa shape index (κ1) is 31.7. The van der Waals surface area contributed by atoms with Crippen molar-refractivity contribution in [2.24, 2.45) is 23.7 Å². The lowest BCUT2D eigenvalue weighted by molar-refractivity contribution is -0.139. The minimum atomic E-state index is -0.912. The molecule has 0 saturated carbocycles. The molecule has 2 aliphatic carbocycles. The Bertz CT molecular complexity index is 622. The lowest BCUT2D eigenvalue weighted by Gasteiger charge is -2.38. The summed E-state index contributed by atoms with van der Waals surface area (Å²) in [5.74, 6) is 1.12. The van der Waals surface area contributed by atoms with Crippen LogP contribution >= 0.6 is 0 Å². The van der Waals surface area contributed by atoms with Crippen molar-refractivity contribution < 1.29 is 24.9 Å². The molecule has 2 rings (SSSR count). The minimum absolute atomic E-state index is 0.129. The van der Waals surface area contributed by atoms with Gasteiger partial charge in [-0.05, 0) is 61.3 Å². The summed E-state index contributed by atoms with van der Waals surface area (Å²) in [5.41, 5.74) is 1.53. The van der Waals surface area contributed by atoms with E-state index in [9.17, 15) is 14.7 Å². The topological polar surface area (TPSA) is 94.8 Å². The lowest BCUT2D eigenvalue weighted by Crippen LogP contribution is -2.28. The van der Waals surface area contributed by atoms with E-state index in [0.29, 0.717) is 36.5 Å². The molecule has 0 aromatic heterocycles. The maximum absolute atomic E-state index is 10.5. The van der Waals surface area contributed by atoms with Gasteiger partial charge in [-0.25, -0.2) is 0 Å². The Labute approximate surface area is 195 Å². The van der Waals surface area contributed by atoms with E-state index in [1.807, 2.05) is 6.92 Å². The second-order valence-corrected chi connectivity index (χ2v) is 8.39. The molecule has 180 valence electrons. The van der Waals surface area contributed by atoms with E-state index in [0.717, 1.165) is 19.3 Å². The Kier molecular flexibility index (Phi) is 19.0. The number of hydrogen-bond donors (Lipinski definition) is 3. The molecule has 5 atom stereocenters. The average Bonchev–Trinajstić information content (AvgIpc) is 2.75. The molecule has 5 nitrogen and oxygen atoms in total. The zero-order chi connectivity index (χ0) is 25.1. The van der Waals surface area contributed by atoms with E-state index in [2.05, 4.69) is 57.8 Å². The van der Waals surface area contributed by atoms with Crippen LogP contribution in [0.5, 0.6) is 0 Å². The second kappa shape index (κ2) is 19.2. The van der Waals surface area contributed by atoms with E-state index < -0.39 is 18.0 Å². The van der Waals surface area contributed by atoms with Crippen molar-refractivity contribution in [1.82, 2.24) is 0 Å². The van der Waals surface area contributed by atoms with Gasteiger partial charge in [0.15, 0.2) is 0 Å². The standard InChI is InChI=1S/C19H30O3.C4H8O2.2C2H2/c1-13-7-10-18-15(11-13)9-8-14(2)17(18)6-4-3-5-16(20)12-19(21)22;1-2-3-4(5)6;2*1-2/h8-9,11,13-14,16-18,20H,3-7,10,12H2,1-2H3,(H,21,22);2-3H2,1H3,(H,5,6);2*1-2H/t13-,14+,16-,17+,18?;;;/m1.../s1. The first-order chi connectivity index (χ1) is 15.2. The van der Waals surface area contributed by atoms with E-state index >= 15 is 0 Å². The average molecular weight is 447 g/mol. The molecule has 0 spiro atoms. The van der Waals surface area contributed by atoms with Crippen molar-refractivity contribution in [1.29, 1.82) is 0 Å². The molecule has 0 aromatic rings. The molecule has 32 heavy (non-hydrogen) atoms. The van der Waals surface area contributed by atoms with Gasteiger partial charge in [0.05, 0.1) is 12.5 Å². The fourth-order valence-corrected chi connectivity index (χ4v) is 4.30. The van der Waals surface area contributed by atoms with E-state index in [4.69, 9.17) is 10.2 Å². The number of allylic oxidation sites excluding steroid dienone is 4. The number of carboxylic acid groups (broad SMARTS) is 2. The summed E-state index contributed by atoms with van der Waals surface area (Å²) in [5, 5.41) is 26.2. The van der Waals surface area contributed by atoms with Crippen LogP contribution in [-0.4, -0.2) is 33.4 Å². The maximum Gasteiger partial charge on any atom is 0.305 e. The smallest absolute Gasteiger partial charge is 0.305 e. The Balaban J connectivity index is 0. The monoisotopic (exact) mass is 446 g/mol. The quantitative estimate of drug-likeness (QED) is 0.319. The largest absolute Gasteiger partial charge is 0.481 e. The number of carbonyl (C=O) groups is 2. The summed E-state index contributed by atoms with van der Waals surface area (Å²) in [7, 11) is 0. The third-order valence-electron chi connectivity index (χ3n) is 5.82. The zero-order valence-electron chi connectivity index (χ0n) is 20.0. The highest BCUT2D eigenvalue weighted by Crippen LogP contribution is 2.43. The molecule has 3 N–H and O–H groups in total. The molecule has 0 heterocycles. The SMILES string of the molecule is C#C.C#C.CCCC(=O)O.C[C@H]1C=C2C=C[C@H](C)[C@H](CCCC[C@@H](O)CC(=O)O)C2CC1. The number of aliphatic hydroxyl groups excluding tert-OH is 1. The highest BCUT2D eigenvalue weighted by atomic mass is 16.4. The van der Waals surface area contributed by atoms with Crippen LogP contribution in [0.1, 0.15) is 78.6 Å². The van der Waals surface area contributed by atoms with Gasteiger partial charge in [0.1, 0.15) is 0 Å². The van der Waals surface area contributed by atoms with Crippen LogP contribution in [0.25, 0.3) is 0 Å². The van der Waals surface area contributed by atoms with Crippen molar-refractivity contribution in [2.75, 3.05) is 0 Å². The predicted octanol–water partition coefficient (Wildman–Crippen LogP) is 5.55. The molecule has 2 aliphatic rings. The first-order valence-electron chi connectivity index (χ1n) is 11.4. The number of carboxylic acids is 2. The molecule has 5 heteroatoms. The fraction of sp³-hybridized carbons (Fsp3) is 0.630. The van der Waals surface area contributed by atoms with Gasteiger partial charge in [-0.1, -0.05) is 51.8 Å². The first-order valence-corrected chi connectivity index (χ1v) is 11.4. The molecule has 0 bridgehead atoms. The van der Waals surface area contributed by atoms with Crippen LogP contribution in [0.3, 0.4) is 0 Å². The van der Waals surface area contributed by atoms with Gasteiger partial charge >= 0.3 is 11.9 Å². The van der Waals surface area contributed by atoms with Gasteiger partial charge in [0.25, 0.3) is 0 Å². The van der Waals surface area contributed by atoms with Crippen molar-refractivity contribution in [3.63, 3.8) is 0 Å². The Morgan fingerprint density at radius 3 is 2.19 bits per heavy atom. The van der Waals surface area contributed by atoms with Crippen molar-refractivity contribution >= 4 is 11.9 Å². The van der Waals surface area contributed by atoms with Crippen LogP contribution in [0.4, 0.5) is 0 Å². The van der Waals surface area contributed by atoms with Gasteiger partial charge in [0, 0.05) is 6.42 Å². The van der Waals surface area contributed by atoms with Crippen LogP contribution < -0.4 is 0 Å². The summed E-state index contributed by atoms with van der Waals surface area (Å²) in [6.07, 6.45) is 29.7. The fourth-order valence-electron chi connectivity index (χ4n) is 4.30. The normalized spacial score (nSPS) is 23.8. The van der Waals surface area contributed by atoms with Gasteiger partial charge in [0.2, 0.25) is 0 Å². The molecule has 0 saturated heterocycles. The van der Waals surface area contributed by atoms with E-state index in [1.54, 1.807) is 0 Å². The molecule has 0 fully saturated rings. The third kappa shape index (κ3) is 13.7. The molecular weight excluding hydrogens is 404 g/mol. The van der Waals surface area contributed by atoms with Gasteiger partial charge < -0.3 is 15.3 Å². The maximum atomic E-state index is 10.5. The number of aliphatic carboxylic acids is 2. The molecule has 0 radical (unpaired) electrons. The number of rotatable bonds is 9. The summed E-state index contributed by atoms with van der Waals surface area (Å²) >= 11 is 0. The predicted molar refractivity (Wildman–Crippen MR) is 131 cm³/mol. The summed E-state index contributed by atoms with van der Waals surface area (Å²) in [6.45, 7) is 6.46. The minimum Gasteiger partial charge on any atom is -0.481 e. The Morgan fingerprint density at radius 1 is 1.06 bits per heavy atom. The summed E-state index contributed by atoms with van der Waals surface area (Å²) < 4.78 is 0. The van der Waals surface area contributed by atoms with Gasteiger partial charge in [-0.3, -0.25) is 9.59 Å². The molecular formula is C27H42O5. The second-order valence-electron chi connectivity index (χ2n) is 8.39. The van der Waals surface area contributed by atoms with Crippen molar-refractivity contribution in [2.45, 2.75) is 84.7 Å². The Hall–Kier alpha value is -2.50. The van der Waals surface area contributed by atoms with Crippen LogP contribution in [-0.2, 0) is 9.59 Å². The number of fused-ring (bicyclic) bond motifs is 1. The van der Waals surface area contributed by atoms with Crippen molar-refractivity contribution in [3.05, 3.63) is 23.8 Å². The Morgan fingerprint density at radius 2 is 1.69 bits per heavy atom. The highest BCUT2D eigenvalue weighted by Gasteiger charge is 2.32. The molecule has 0 aliphatic heterocycles. The highest BCUT2D eigenvalue weighted by molar-refractivity contribution is 5.67. The zero-order valence-corrected chi connectivity index (χ0v) is 20.0. The summed E-state index contributed by atoms with van der Waals surface area (Å²) in [6, 6.07) is 0. The number of hydrogen-bond acceptors (Lipinski definition) is 3. The molecule has 0 aromatic carbocycles. The van der Waals surface area contributed by atoms with Crippen LogP contribution in [0, 0.1) is 49.4 Å².